The number of nitrogens with zero attached hydrogens (tertiary/aromatic N) is 3. The van der Waals surface area contributed by atoms with E-state index in [1.165, 1.54) is 54.6 Å². The van der Waals surface area contributed by atoms with Crippen LogP contribution in [0.4, 0.5) is 5.82 Å². The third-order valence-corrected chi connectivity index (χ3v) is 14.9. The van der Waals surface area contributed by atoms with Crippen molar-refractivity contribution >= 4 is 75.3 Å². The minimum atomic E-state index is -4.46. The minimum Gasteiger partial charge on any atom is -0.488 e. The number of nitrogens with one attached hydrogen (secondary N) is 9. The number of pyridine rings is 1. The van der Waals surface area contributed by atoms with Crippen LogP contribution in [0, 0.1) is 11.8 Å². The maximum Gasteiger partial charge on any atom is 0.295 e. The zero-order valence-electron chi connectivity index (χ0n) is 51.9. The summed E-state index contributed by atoms with van der Waals surface area (Å²) < 4.78 is 38.7. The van der Waals surface area contributed by atoms with Gasteiger partial charge in [0.05, 0.1) is 18.3 Å². The van der Waals surface area contributed by atoms with E-state index in [4.69, 9.17) is 4.74 Å². The molecule has 3 aromatic carbocycles. The number of hydrazone groups is 1. The highest BCUT2D eigenvalue weighted by Crippen LogP contribution is 2.21. The number of unbranched alkanes of at least 4 members (excludes halogenated alkanes) is 2. The number of ether oxygens (including phenoxy) is 1. The van der Waals surface area contributed by atoms with Gasteiger partial charge in [0.1, 0.15) is 52.3 Å². The average Bonchev–Trinajstić information content (AvgIpc) is 3.24. The van der Waals surface area contributed by atoms with E-state index in [2.05, 4.69) is 58.3 Å². The van der Waals surface area contributed by atoms with Gasteiger partial charge in [0.15, 0.2) is 0 Å². The number of hydrazine groups is 1. The molecule has 0 radical (unpaired) electrons. The Bertz CT molecular complexity index is 3190. The summed E-state index contributed by atoms with van der Waals surface area (Å²) in [5.74, 6) is -4.45. The van der Waals surface area contributed by atoms with Crippen LogP contribution in [0.2, 0.25) is 0 Å². The normalized spacial score (nSPS) is 14.6. The van der Waals surface area contributed by atoms with Gasteiger partial charge in [0, 0.05) is 44.6 Å². The summed E-state index contributed by atoms with van der Waals surface area (Å²) >= 11 is 0. The molecule has 1 aromatic heterocycles. The molecular weight excluding hydrogens is 1160 g/mol. The van der Waals surface area contributed by atoms with Crippen molar-refractivity contribution in [1.82, 2.24) is 52.6 Å². The SMILES string of the molecule is CC(=O)N1CCC[C@H]1C(=O)N[C@@H](CC(C)C)C(=O)NCC(=O)N[C@@H](CCc1ccccc1)C(=O)N[C@@H](Cc1ccc(OC(C)(C)C)cc1)C(=O)N[C@@H](CC(C)C)C(=O)NNC(=O)CCCCCNC(=O)c1ccc(N/N=C/c2ccccc2S(=O)(=O)O)nc1. The monoisotopic (exact) mass is 1250 g/mol. The molecule has 0 unspecified atom stereocenters. The molecule has 1 aliphatic rings. The van der Waals surface area contributed by atoms with Gasteiger partial charge in [-0.25, -0.2) is 4.98 Å². The Morgan fingerprint density at radius 3 is 2.00 bits per heavy atom. The van der Waals surface area contributed by atoms with Crippen molar-refractivity contribution in [1.29, 1.82) is 0 Å². The Kier molecular flexibility index (Phi) is 27.7. The topological polar surface area (TPSA) is 354 Å². The first-order valence-electron chi connectivity index (χ1n) is 29.9. The number of amides is 9. The molecule has 5 rings (SSSR count). The molecule has 26 heteroatoms. The van der Waals surface area contributed by atoms with Crippen LogP contribution in [0.15, 0.2) is 107 Å². The lowest BCUT2D eigenvalue weighted by atomic mass is 10.00. The van der Waals surface area contributed by atoms with Crippen LogP contribution in [0.1, 0.15) is 140 Å². The van der Waals surface area contributed by atoms with Crippen molar-refractivity contribution in [3.05, 3.63) is 119 Å². The third-order valence-electron chi connectivity index (χ3n) is 14.0. The van der Waals surface area contributed by atoms with Crippen LogP contribution in [-0.4, -0.2) is 138 Å². The molecule has 0 bridgehead atoms. The molecule has 4 aromatic rings. The van der Waals surface area contributed by atoms with E-state index in [0.29, 0.717) is 62.9 Å². The number of carbonyl (C=O) groups excluding carboxylic acids is 9. The van der Waals surface area contributed by atoms with Crippen molar-refractivity contribution in [2.75, 3.05) is 25.1 Å². The van der Waals surface area contributed by atoms with E-state index in [9.17, 15) is 56.1 Å². The second kappa shape index (κ2) is 34.7. The maximum atomic E-state index is 14.6. The number of hydrogen-bond acceptors (Lipinski definition) is 15. The fourth-order valence-electron chi connectivity index (χ4n) is 9.64. The van der Waals surface area contributed by atoms with Gasteiger partial charge >= 0.3 is 0 Å². The maximum absolute atomic E-state index is 14.6. The fourth-order valence-corrected chi connectivity index (χ4v) is 10.3. The van der Waals surface area contributed by atoms with Gasteiger partial charge in [-0.15, -0.1) is 0 Å². The van der Waals surface area contributed by atoms with E-state index >= 15 is 0 Å². The lowest BCUT2D eigenvalue weighted by Crippen LogP contribution is -2.59. The quantitative estimate of drug-likeness (QED) is 0.0140. The van der Waals surface area contributed by atoms with Crippen molar-refractivity contribution in [3.63, 3.8) is 0 Å². The van der Waals surface area contributed by atoms with Gasteiger partial charge < -0.3 is 41.5 Å². The molecule has 1 aliphatic heterocycles. The first-order chi connectivity index (χ1) is 42.1. The molecule has 5 atom stereocenters. The van der Waals surface area contributed by atoms with Gasteiger partial charge in [-0.2, -0.15) is 13.5 Å². The van der Waals surface area contributed by atoms with Gasteiger partial charge in [-0.3, -0.25) is 64.0 Å². The van der Waals surface area contributed by atoms with E-state index in [1.807, 2.05) is 78.8 Å². The number of anilines is 1. The van der Waals surface area contributed by atoms with Gasteiger partial charge in [-0.05, 0) is 125 Å². The number of aromatic nitrogens is 1. The highest BCUT2D eigenvalue weighted by molar-refractivity contribution is 7.86. The fraction of sp³-hybridized carbons (Fsp3) is 0.476. The van der Waals surface area contributed by atoms with Gasteiger partial charge in [-0.1, -0.05) is 94.8 Å². The molecule has 0 saturated carbocycles. The van der Waals surface area contributed by atoms with Crippen LogP contribution in [-0.2, 0) is 61.3 Å². The molecule has 10 N–H and O–H groups in total. The summed E-state index contributed by atoms with van der Waals surface area (Å²) in [5.41, 5.74) is 8.88. The van der Waals surface area contributed by atoms with Crippen molar-refractivity contribution in [2.45, 2.75) is 167 Å². The number of benzene rings is 3. The van der Waals surface area contributed by atoms with Crippen LogP contribution in [0.5, 0.6) is 5.75 Å². The molecule has 2 heterocycles. The zero-order chi connectivity index (χ0) is 65.3. The molecular formula is C63H86N12O13S. The Hall–Kier alpha value is -8.78. The first-order valence-corrected chi connectivity index (χ1v) is 31.4. The van der Waals surface area contributed by atoms with E-state index in [-0.39, 0.29) is 77.6 Å². The van der Waals surface area contributed by atoms with Crippen LogP contribution in [0.3, 0.4) is 0 Å². The predicted octanol–water partition coefficient (Wildman–Crippen LogP) is 4.42. The van der Waals surface area contributed by atoms with Crippen LogP contribution < -0.4 is 52.9 Å². The number of rotatable bonds is 32. The highest BCUT2D eigenvalue weighted by Gasteiger charge is 2.36. The predicted molar refractivity (Wildman–Crippen MR) is 334 cm³/mol. The Morgan fingerprint density at radius 2 is 1.36 bits per heavy atom. The second-order valence-corrected chi connectivity index (χ2v) is 25.0. The van der Waals surface area contributed by atoms with Gasteiger partial charge in [0.25, 0.3) is 21.9 Å². The summed E-state index contributed by atoms with van der Waals surface area (Å²) in [5, 5.41) is 20.5. The molecule has 482 valence electrons. The summed E-state index contributed by atoms with van der Waals surface area (Å²) in [4.78, 5) is 127. The Balaban J connectivity index is 1.18. The number of aryl methyl sites for hydroxylation is 1. The summed E-state index contributed by atoms with van der Waals surface area (Å²) in [6.07, 6.45) is 5.87. The molecule has 1 saturated heterocycles. The van der Waals surface area contributed by atoms with E-state index in [1.54, 1.807) is 30.3 Å². The zero-order valence-corrected chi connectivity index (χ0v) is 52.7. The molecule has 9 amide bonds. The van der Waals surface area contributed by atoms with Crippen molar-refractivity contribution < 1.29 is 60.9 Å². The van der Waals surface area contributed by atoms with E-state index in [0.717, 1.165) is 5.56 Å². The lowest BCUT2D eigenvalue weighted by Gasteiger charge is -2.27. The van der Waals surface area contributed by atoms with Crippen molar-refractivity contribution in [3.8, 4) is 5.75 Å². The van der Waals surface area contributed by atoms with Crippen LogP contribution in [0.25, 0.3) is 0 Å². The largest absolute Gasteiger partial charge is 0.488 e. The Morgan fingerprint density at radius 1 is 0.708 bits per heavy atom. The third kappa shape index (κ3) is 25.1. The summed E-state index contributed by atoms with van der Waals surface area (Å²) in [6, 6.07) is 19.5. The molecule has 0 spiro atoms. The smallest absolute Gasteiger partial charge is 0.295 e. The van der Waals surface area contributed by atoms with E-state index < -0.39 is 93.8 Å². The summed E-state index contributed by atoms with van der Waals surface area (Å²) in [6.45, 7) is 14.7. The lowest BCUT2D eigenvalue weighted by molar-refractivity contribution is -0.138. The first kappa shape index (κ1) is 71.0. The standard InChI is InChI=1S/C63H86N12O13S/c1-40(2)34-49(71-62(84)52-21-17-33-75(52)42(5)76)58(80)66-39-56(78)68-48(30-26-43-18-11-9-12-19-43)59(81)70-51(36-44-24-28-47(29-25-44)88-63(6,7)8)60(82)69-50(35-41(3)4)61(83)74-73-55(77)23-13-10-16-32-64-57(79)46-27-31-54(65-37-46)72-67-38-45-20-14-15-22-53(45)89(85,86)87/h9,11-12,14-15,18-20,22,24-25,27-29,31,37-38,40-41,48-52H,10,13,16-17,21,23,26,30,32-36,39H2,1-8H3,(H,64,79)(H,65,72)(H,66,80)(H,68,78)(H,69,82)(H,70,81)(H,71,84)(H,73,77)(H,74,83)(H,85,86,87)/b67-38+/t48-,49-,50-,51-,52-/m0/s1. The second-order valence-electron chi connectivity index (χ2n) is 23.7. The minimum absolute atomic E-state index is 0.0269. The molecule has 0 aliphatic carbocycles. The summed E-state index contributed by atoms with van der Waals surface area (Å²) in [7, 11) is -4.46. The molecule has 89 heavy (non-hydrogen) atoms. The van der Waals surface area contributed by atoms with Crippen LogP contribution >= 0.6 is 0 Å². The van der Waals surface area contributed by atoms with Gasteiger partial charge in [0.2, 0.25) is 41.4 Å². The average molecular weight is 1250 g/mol. The Labute approximate surface area is 520 Å². The molecule has 25 nitrogen and oxygen atoms in total. The number of hydrogen-bond donors (Lipinski definition) is 10. The number of likely N-dealkylation sites (tertiary alicyclic amines) is 1. The highest BCUT2D eigenvalue weighted by atomic mass is 32.2. The van der Waals surface area contributed by atoms with Crippen molar-refractivity contribution in [2.24, 2.45) is 16.9 Å². The molecule has 1 fully saturated rings. The number of carbonyl (C=O) groups is 9.